The van der Waals surface area contributed by atoms with Crippen molar-refractivity contribution >= 4 is 35.1 Å². The number of hydrogen-bond donors (Lipinski definition) is 1. The number of carbonyl (C=O) groups excluding carboxylic acids is 1. The zero-order valence-corrected chi connectivity index (χ0v) is 16.9. The average Bonchev–Trinajstić information content (AvgIpc) is 3.15. The average molecular weight is 482 g/mol. The summed E-state index contributed by atoms with van der Waals surface area (Å²) < 4.78 is 60.6. The van der Waals surface area contributed by atoms with Gasteiger partial charge in [0.05, 0.1) is 15.6 Å². The van der Waals surface area contributed by atoms with Gasteiger partial charge < -0.3 is 19.5 Å². The standard InChI is InChI=1S/C19H13Cl2F4NO5/c20-11-6-9(3-4-15(11)31-19(23,24)25)30-16-8-13(22)10(7-12(16)21)17(27)26-5-1-2-14(26)18(28)29/h3-4,6-8,14H,1-2,5H2,(H,28,29). The Morgan fingerprint density at radius 1 is 1.10 bits per heavy atom. The van der Waals surface area contributed by atoms with Gasteiger partial charge in [-0.2, -0.15) is 0 Å². The molecule has 0 aliphatic carbocycles. The van der Waals surface area contributed by atoms with Crippen LogP contribution < -0.4 is 9.47 Å². The molecule has 166 valence electrons. The van der Waals surface area contributed by atoms with Gasteiger partial charge in [-0.25, -0.2) is 9.18 Å². The molecule has 0 saturated carbocycles. The molecule has 0 bridgehead atoms. The van der Waals surface area contributed by atoms with Crippen molar-refractivity contribution in [2.24, 2.45) is 0 Å². The third-order valence-electron chi connectivity index (χ3n) is 4.41. The summed E-state index contributed by atoms with van der Waals surface area (Å²) in [6, 6.07) is 3.78. The fourth-order valence-corrected chi connectivity index (χ4v) is 3.48. The molecule has 1 heterocycles. The Labute approximate surface area is 182 Å². The molecule has 3 rings (SSSR count). The second-order valence-corrected chi connectivity index (χ2v) is 7.31. The van der Waals surface area contributed by atoms with Gasteiger partial charge in [-0.05, 0) is 31.0 Å². The van der Waals surface area contributed by atoms with Crippen molar-refractivity contribution in [1.29, 1.82) is 0 Å². The highest BCUT2D eigenvalue weighted by Crippen LogP contribution is 2.37. The molecule has 1 fully saturated rings. The first-order valence-electron chi connectivity index (χ1n) is 8.72. The number of nitrogens with zero attached hydrogens (tertiary/aromatic N) is 1. The molecule has 0 spiro atoms. The largest absolute Gasteiger partial charge is 0.573 e. The van der Waals surface area contributed by atoms with Crippen LogP contribution in [0.25, 0.3) is 0 Å². The monoisotopic (exact) mass is 481 g/mol. The topological polar surface area (TPSA) is 76.1 Å². The molecule has 1 aliphatic heterocycles. The Morgan fingerprint density at radius 3 is 2.39 bits per heavy atom. The predicted molar refractivity (Wildman–Crippen MR) is 101 cm³/mol. The van der Waals surface area contributed by atoms with E-state index in [1.54, 1.807) is 0 Å². The highest BCUT2D eigenvalue weighted by molar-refractivity contribution is 6.32. The molecule has 12 heteroatoms. The van der Waals surface area contributed by atoms with Crippen molar-refractivity contribution in [3.8, 4) is 17.2 Å². The lowest BCUT2D eigenvalue weighted by Gasteiger charge is -2.22. The Morgan fingerprint density at radius 2 is 1.77 bits per heavy atom. The first-order valence-corrected chi connectivity index (χ1v) is 9.48. The zero-order chi connectivity index (χ0) is 22.9. The maximum absolute atomic E-state index is 14.6. The van der Waals surface area contributed by atoms with Crippen LogP contribution in [0, 0.1) is 5.82 Å². The van der Waals surface area contributed by atoms with Crippen LogP contribution in [0.2, 0.25) is 10.0 Å². The molecule has 1 N–H and O–H groups in total. The molecule has 1 saturated heterocycles. The van der Waals surface area contributed by atoms with Gasteiger partial charge in [0.15, 0.2) is 0 Å². The minimum Gasteiger partial charge on any atom is -0.480 e. The molecule has 2 aromatic rings. The van der Waals surface area contributed by atoms with Crippen LogP contribution in [-0.2, 0) is 4.79 Å². The first-order chi connectivity index (χ1) is 14.5. The Hall–Kier alpha value is -2.72. The quantitative estimate of drug-likeness (QED) is 0.569. The van der Waals surface area contributed by atoms with Crippen molar-refractivity contribution < 1.29 is 41.7 Å². The van der Waals surface area contributed by atoms with Crippen molar-refractivity contribution in [2.75, 3.05) is 6.54 Å². The summed E-state index contributed by atoms with van der Waals surface area (Å²) in [6.07, 6.45) is -4.21. The number of hydrogen-bond acceptors (Lipinski definition) is 4. The molecule has 31 heavy (non-hydrogen) atoms. The number of rotatable bonds is 5. The number of carboxylic acid groups (broad SMARTS) is 1. The number of amides is 1. The van der Waals surface area contributed by atoms with E-state index in [4.69, 9.17) is 27.9 Å². The normalized spacial score (nSPS) is 16.3. The Kier molecular flexibility index (Phi) is 6.51. The van der Waals surface area contributed by atoms with Crippen LogP contribution in [0.5, 0.6) is 17.2 Å². The van der Waals surface area contributed by atoms with Gasteiger partial charge in [0.2, 0.25) is 0 Å². The highest BCUT2D eigenvalue weighted by atomic mass is 35.5. The lowest BCUT2D eigenvalue weighted by Crippen LogP contribution is -2.40. The van der Waals surface area contributed by atoms with Crippen LogP contribution >= 0.6 is 23.2 Å². The SMILES string of the molecule is O=C(O)C1CCCN1C(=O)c1cc(Cl)c(Oc2ccc(OC(F)(F)F)c(Cl)c2)cc1F. The molecule has 0 aromatic heterocycles. The summed E-state index contributed by atoms with van der Waals surface area (Å²) >= 11 is 11.8. The van der Waals surface area contributed by atoms with Crippen molar-refractivity contribution in [1.82, 2.24) is 4.90 Å². The number of alkyl halides is 3. The number of aliphatic carboxylic acids is 1. The number of benzene rings is 2. The third-order valence-corrected chi connectivity index (χ3v) is 5.00. The van der Waals surface area contributed by atoms with Crippen LogP contribution in [0.15, 0.2) is 30.3 Å². The smallest absolute Gasteiger partial charge is 0.480 e. The Bertz CT molecular complexity index is 1030. The van der Waals surface area contributed by atoms with Gasteiger partial charge in [-0.1, -0.05) is 23.2 Å². The van der Waals surface area contributed by atoms with E-state index in [1.165, 1.54) is 0 Å². The molecule has 1 aliphatic rings. The summed E-state index contributed by atoms with van der Waals surface area (Å²) in [6.45, 7) is 0.163. The molecule has 6 nitrogen and oxygen atoms in total. The number of carboxylic acids is 1. The van der Waals surface area contributed by atoms with E-state index < -0.39 is 46.4 Å². The van der Waals surface area contributed by atoms with Gasteiger partial charge in [0.1, 0.15) is 29.1 Å². The van der Waals surface area contributed by atoms with Gasteiger partial charge in [-0.3, -0.25) is 4.79 Å². The van der Waals surface area contributed by atoms with E-state index in [-0.39, 0.29) is 29.5 Å². The fraction of sp³-hybridized carbons (Fsp3) is 0.263. The number of halogens is 6. The summed E-state index contributed by atoms with van der Waals surface area (Å²) in [4.78, 5) is 24.9. The zero-order valence-electron chi connectivity index (χ0n) is 15.4. The van der Waals surface area contributed by atoms with Gasteiger partial charge in [-0.15, -0.1) is 13.2 Å². The molecular formula is C19H13Cl2F4NO5. The lowest BCUT2D eigenvalue weighted by molar-refractivity contribution is -0.274. The molecule has 1 amide bonds. The van der Waals surface area contributed by atoms with E-state index in [0.717, 1.165) is 35.2 Å². The highest BCUT2D eigenvalue weighted by Gasteiger charge is 2.36. The van der Waals surface area contributed by atoms with E-state index in [0.29, 0.717) is 6.42 Å². The summed E-state index contributed by atoms with van der Waals surface area (Å²) in [5.74, 6) is -3.97. The van der Waals surface area contributed by atoms with Crippen molar-refractivity contribution in [2.45, 2.75) is 25.2 Å². The van der Waals surface area contributed by atoms with E-state index >= 15 is 0 Å². The number of likely N-dealkylation sites (tertiary alicyclic amines) is 1. The van der Waals surface area contributed by atoms with Crippen LogP contribution in [0.3, 0.4) is 0 Å². The molecular weight excluding hydrogens is 469 g/mol. The number of ether oxygens (including phenoxy) is 2. The van der Waals surface area contributed by atoms with Crippen LogP contribution in [-0.4, -0.2) is 40.8 Å². The lowest BCUT2D eigenvalue weighted by atomic mass is 10.1. The van der Waals surface area contributed by atoms with E-state index in [1.807, 2.05) is 0 Å². The summed E-state index contributed by atoms with van der Waals surface area (Å²) in [7, 11) is 0. The van der Waals surface area contributed by atoms with E-state index in [9.17, 15) is 32.3 Å². The minimum absolute atomic E-state index is 0.0645. The first kappa shape index (κ1) is 23.0. The maximum Gasteiger partial charge on any atom is 0.573 e. The molecule has 1 unspecified atom stereocenters. The van der Waals surface area contributed by atoms with Gasteiger partial charge in [0, 0.05) is 18.7 Å². The summed E-state index contributed by atoms with van der Waals surface area (Å²) in [5, 5.41) is 8.61. The molecule has 2 aromatic carbocycles. The van der Waals surface area contributed by atoms with Crippen LogP contribution in [0.4, 0.5) is 17.6 Å². The van der Waals surface area contributed by atoms with Crippen LogP contribution in [0.1, 0.15) is 23.2 Å². The fourth-order valence-electron chi connectivity index (χ4n) is 3.07. The Balaban J connectivity index is 1.82. The second-order valence-electron chi connectivity index (χ2n) is 6.50. The van der Waals surface area contributed by atoms with E-state index in [2.05, 4.69) is 4.74 Å². The third kappa shape index (κ3) is 5.31. The second kappa shape index (κ2) is 8.80. The molecule has 1 atom stereocenters. The van der Waals surface area contributed by atoms with Gasteiger partial charge >= 0.3 is 12.3 Å². The van der Waals surface area contributed by atoms with Gasteiger partial charge in [0.25, 0.3) is 5.91 Å². The maximum atomic E-state index is 14.6. The summed E-state index contributed by atoms with van der Waals surface area (Å²) in [5.41, 5.74) is -0.433. The van der Waals surface area contributed by atoms with Crippen molar-refractivity contribution in [3.05, 3.63) is 51.8 Å². The van der Waals surface area contributed by atoms with Crippen molar-refractivity contribution in [3.63, 3.8) is 0 Å². The minimum atomic E-state index is -4.93. The number of carbonyl (C=O) groups is 2. The molecule has 0 radical (unpaired) electrons. The predicted octanol–water partition coefficient (Wildman–Crippen LogP) is 5.51.